The first-order chi connectivity index (χ1) is 3.81. The van der Waals surface area contributed by atoms with Crippen LogP contribution in [0.3, 0.4) is 0 Å². The van der Waals surface area contributed by atoms with Gasteiger partial charge in [0.1, 0.15) is 0 Å². The second-order valence-electron chi connectivity index (χ2n) is 1.65. The summed E-state index contributed by atoms with van der Waals surface area (Å²) in [4.78, 5) is 0. The lowest BCUT2D eigenvalue weighted by molar-refractivity contribution is -0.0374. The molecule has 0 saturated heterocycles. The third-order valence-corrected chi connectivity index (χ3v) is 0.863. The first kappa shape index (κ1) is 7.89. The van der Waals surface area contributed by atoms with Gasteiger partial charge >= 0.3 is 0 Å². The van der Waals surface area contributed by atoms with Crippen LogP contribution in [0.25, 0.3) is 0 Å². The van der Waals surface area contributed by atoms with Crippen molar-refractivity contribution < 1.29 is 9.13 Å². The predicted molar refractivity (Wildman–Crippen MR) is 31.4 cm³/mol. The van der Waals surface area contributed by atoms with Gasteiger partial charge < -0.3 is 4.74 Å². The van der Waals surface area contributed by atoms with Gasteiger partial charge in [0.15, 0.2) is 6.36 Å². The summed E-state index contributed by atoms with van der Waals surface area (Å²) >= 11 is 0. The van der Waals surface area contributed by atoms with Crippen LogP contribution in [0, 0.1) is 0 Å². The van der Waals surface area contributed by atoms with E-state index in [0.29, 0.717) is 13.0 Å². The Hall–Kier alpha value is -0.110. The molecule has 0 amide bonds. The van der Waals surface area contributed by atoms with E-state index < -0.39 is 6.36 Å². The molecule has 0 aliphatic heterocycles. The fourth-order valence-corrected chi connectivity index (χ4v) is 0.491. The largest absolute Gasteiger partial charge is 0.348 e. The Labute approximate surface area is 49.8 Å². The average Bonchev–Trinajstić information content (AvgIpc) is 1.68. The summed E-state index contributed by atoms with van der Waals surface area (Å²) in [6.45, 7) is 4.20. The highest BCUT2D eigenvalue weighted by Gasteiger charge is 2.00. The van der Waals surface area contributed by atoms with Crippen LogP contribution in [-0.4, -0.2) is 13.0 Å². The molecule has 1 atom stereocenters. The van der Waals surface area contributed by atoms with E-state index in [1.165, 1.54) is 0 Å². The molecule has 0 bridgehead atoms. The summed E-state index contributed by atoms with van der Waals surface area (Å²) in [6, 6.07) is 0. The van der Waals surface area contributed by atoms with E-state index in [4.69, 9.17) is 0 Å². The van der Waals surface area contributed by atoms with Crippen molar-refractivity contribution >= 4 is 0 Å². The van der Waals surface area contributed by atoms with Gasteiger partial charge in [0.05, 0.1) is 0 Å². The van der Waals surface area contributed by atoms with Gasteiger partial charge in [-0.15, -0.1) is 0 Å². The number of alkyl halides is 1. The zero-order valence-electron chi connectivity index (χ0n) is 5.48. The molecule has 0 heterocycles. The van der Waals surface area contributed by atoms with E-state index in [2.05, 4.69) is 4.74 Å². The molecule has 0 rings (SSSR count). The molecule has 0 radical (unpaired) electrons. The van der Waals surface area contributed by atoms with Crippen molar-refractivity contribution in [2.75, 3.05) is 6.61 Å². The molecular weight excluding hydrogens is 107 g/mol. The van der Waals surface area contributed by atoms with Crippen molar-refractivity contribution in [1.29, 1.82) is 0 Å². The van der Waals surface area contributed by atoms with Gasteiger partial charge in [0.2, 0.25) is 0 Å². The first-order valence-corrected chi connectivity index (χ1v) is 3.07. The zero-order chi connectivity index (χ0) is 6.41. The highest BCUT2D eigenvalue weighted by molar-refractivity contribution is 4.37. The van der Waals surface area contributed by atoms with E-state index in [0.717, 1.165) is 6.42 Å². The summed E-state index contributed by atoms with van der Waals surface area (Å²) in [5, 5.41) is 0. The van der Waals surface area contributed by atoms with Crippen molar-refractivity contribution in [2.45, 2.75) is 33.0 Å². The Morgan fingerprint density at radius 2 is 2.12 bits per heavy atom. The Bertz CT molecular complexity index is 41.8. The number of halogens is 1. The molecule has 0 fully saturated rings. The minimum absolute atomic E-state index is 0.473. The number of hydrogen-bond donors (Lipinski definition) is 0. The molecular formula is C6H13FO. The summed E-state index contributed by atoms with van der Waals surface area (Å²) in [7, 11) is 0. The second kappa shape index (κ2) is 5.04. The molecule has 0 aliphatic rings. The molecule has 50 valence electrons. The van der Waals surface area contributed by atoms with E-state index >= 15 is 0 Å². The molecule has 0 aromatic heterocycles. The number of ether oxygens (including phenoxy) is 1. The van der Waals surface area contributed by atoms with Crippen molar-refractivity contribution in [3.05, 3.63) is 0 Å². The van der Waals surface area contributed by atoms with Crippen molar-refractivity contribution in [2.24, 2.45) is 0 Å². The van der Waals surface area contributed by atoms with Gasteiger partial charge in [-0.3, -0.25) is 0 Å². The van der Waals surface area contributed by atoms with Gasteiger partial charge in [0.25, 0.3) is 0 Å². The molecule has 0 aromatic carbocycles. The Morgan fingerprint density at radius 3 is 2.50 bits per heavy atom. The van der Waals surface area contributed by atoms with Crippen molar-refractivity contribution in [3.8, 4) is 0 Å². The molecule has 1 nitrogen and oxygen atoms in total. The standard InChI is InChI=1S/C6H13FO/c1-3-5-6(7)8-4-2/h6H,3-5H2,1-2H3. The maximum Gasteiger partial charge on any atom is 0.198 e. The average molecular weight is 120 g/mol. The van der Waals surface area contributed by atoms with Gasteiger partial charge in [-0.05, 0) is 6.92 Å². The zero-order valence-corrected chi connectivity index (χ0v) is 5.48. The van der Waals surface area contributed by atoms with Gasteiger partial charge in [0, 0.05) is 13.0 Å². The van der Waals surface area contributed by atoms with Crippen molar-refractivity contribution in [3.63, 3.8) is 0 Å². The van der Waals surface area contributed by atoms with E-state index in [9.17, 15) is 4.39 Å². The Kier molecular flexibility index (Phi) is 4.97. The summed E-state index contributed by atoms with van der Waals surface area (Å²) in [5.41, 5.74) is 0. The van der Waals surface area contributed by atoms with Crippen LogP contribution in [0.2, 0.25) is 0 Å². The Balaban J connectivity index is 2.92. The third kappa shape index (κ3) is 4.06. The van der Waals surface area contributed by atoms with E-state index in [1.54, 1.807) is 6.92 Å². The van der Waals surface area contributed by atoms with Crippen LogP contribution in [0.5, 0.6) is 0 Å². The summed E-state index contributed by atoms with van der Waals surface area (Å²) in [5.74, 6) is 0. The first-order valence-electron chi connectivity index (χ1n) is 3.07. The molecule has 1 unspecified atom stereocenters. The smallest absolute Gasteiger partial charge is 0.198 e. The number of hydrogen-bond acceptors (Lipinski definition) is 1. The molecule has 0 aliphatic carbocycles. The fourth-order valence-electron chi connectivity index (χ4n) is 0.491. The van der Waals surface area contributed by atoms with Crippen molar-refractivity contribution in [1.82, 2.24) is 0 Å². The Morgan fingerprint density at radius 1 is 1.50 bits per heavy atom. The lowest BCUT2D eigenvalue weighted by Gasteiger charge is -2.03. The maximum atomic E-state index is 12.2. The van der Waals surface area contributed by atoms with Crippen LogP contribution < -0.4 is 0 Å². The molecule has 0 spiro atoms. The van der Waals surface area contributed by atoms with Crippen LogP contribution in [0.1, 0.15) is 26.7 Å². The normalized spacial score (nSPS) is 13.9. The fraction of sp³-hybridized carbons (Fsp3) is 1.00. The highest BCUT2D eigenvalue weighted by Crippen LogP contribution is 2.01. The SMILES string of the molecule is CCCC(F)OCC. The van der Waals surface area contributed by atoms with Gasteiger partial charge in [-0.25, -0.2) is 4.39 Å². The van der Waals surface area contributed by atoms with E-state index in [-0.39, 0.29) is 0 Å². The lowest BCUT2D eigenvalue weighted by atomic mass is 10.3. The highest BCUT2D eigenvalue weighted by atomic mass is 19.1. The van der Waals surface area contributed by atoms with Crippen LogP contribution in [0.4, 0.5) is 4.39 Å². The second-order valence-corrected chi connectivity index (χ2v) is 1.65. The lowest BCUT2D eigenvalue weighted by Crippen LogP contribution is -2.04. The van der Waals surface area contributed by atoms with Gasteiger partial charge in [-0.2, -0.15) is 0 Å². The minimum atomic E-state index is -1.04. The molecule has 0 N–H and O–H groups in total. The van der Waals surface area contributed by atoms with Crippen LogP contribution >= 0.6 is 0 Å². The quantitative estimate of drug-likeness (QED) is 0.552. The topological polar surface area (TPSA) is 9.23 Å². The summed E-state index contributed by atoms with van der Waals surface area (Å²) in [6.07, 6.45) is 0.333. The maximum absolute atomic E-state index is 12.2. The monoisotopic (exact) mass is 120 g/mol. The minimum Gasteiger partial charge on any atom is -0.348 e. The van der Waals surface area contributed by atoms with Gasteiger partial charge in [-0.1, -0.05) is 13.3 Å². The molecule has 0 saturated carbocycles. The van der Waals surface area contributed by atoms with E-state index in [1.807, 2.05) is 6.92 Å². The van der Waals surface area contributed by atoms with Crippen LogP contribution in [-0.2, 0) is 4.74 Å². The summed E-state index contributed by atoms with van der Waals surface area (Å²) < 4.78 is 16.8. The molecule has 8 heavy (non-hydrogen) atoms. The number of rotatable bonds is 4. The van der Waals surface area contributed by atoms with Crippen LogP contribution in [0.15, 0.2) is 0 Å². The molecule has 0 aromatic rings. The predicted octanol–water partition coefficient (Wildman–Crippen LogP) is 2.12. The third-order valence-electron chi connectivity index (χ3n) is 0.863. The molecule has 2 heteroatoms.